The molecule has 0 saturated carbocycles. The Morgan fingerprint density at radius 2 is 1.20 bits per heavy atom. The minimum atomic E-state index is -0.999. The number of nitrogens with zero attached hydrogens (tertiary/aromatic N) is 3. The van der Waals surface area contributed by atoms with Crippen LogP contribution in [0.1, 0.15) is 22.3 Å². The van der Waals surface area contributed by atoms with Crippen LogP contribution < -0.4 is 4.74 Å². The van der Waals surface area contributed by atoms with Crippen LogP contribution in [0.2, 0.25) is 0 Å². The molecule has 0 fully saturated rings. The van der Waals surface area contributed by atoms with Crippen molar-refractivity contribution in [1.29, 1.82) is 0 Å². The normalized spacial score (nSPS) is 11.9. The fourth-order valence-corrected chi connectivity index (χ4v) is 3.90. The number of hydrogen-bond donors (Lipinski definition) is 3. The van der Waals surface area contributed by atoms with Gasteiger partial charge in [-0.25, -0.2) is 15.0 Å². The van der Waals surface area contributed by atoms with Crippen LogP contribution in [-0.2, 0) is 0 Å². The average molecular weight is 472 g/mol. The molecule has 1 atom stereocenters. The van der Waals surface area contributed by atoms with Crippen LogP contribution in [0.15, 0.2) is 54.6 Å². The van der Waals surface area contributed by atoms with Crippen molar-refractivity contribution in [1.82, 2.24) is 15.0 Å². The van der Waals surface area contributed by atoms with Crippen molar-refractivity contribution in [3.63, 3.8) is 0 Å². The molecule has 0 saturated heterocycles. The zero-order chi connectivity index (χ0) is 25.1. The van der Waals surface area contributed by atoms with Gasteiger partial charge in [0.05, 0.1) is 12.2 Å². The van der Waals surface area contributed by atoms with E-state index >= 15 is 0 Å². The van der Waals surface area contributed by atoms with Crippen molar-refractivity contribution < 1.29 is 20.1 Å². The van der Waals surface area contributed by atoms with E-state index in [0.717, 1.165) is 33.4 Å². The molecule has 4 aromatic rings. The fraction of sp³-hybridized carbons (Fsp3) is 0.250. The molecule has 0 bridgehead atoms. The summed E-state index contributed by atoms with van der Waals surface area (Å²) in [7, 11) is 0. The molecular weight excluding hydrogens is 442 g/mol. The zero-order valence-electron chi connectivity index (χ0n) is 20.3. The van der Waals surface area contributed by atoms with Crippen molar-refractivity contribution in [2.75, 3.05) is 13.2 Å². The second-order valence-electron chi connectivity index (χ2n) is 8.77. The molecule has 7 nitrogen and oxygen atoms in total. The number of rotatable bonds is 7. The van der Waals surface area contributed by atoms with Crippen LogP contribution in [0.4, 0.5) is 0 Å². The molecule has 0 aliphatic carbocycles. The van der Waals surface area contributed by atoms with E-state index in [9.17, 15) is 10.2 Å². The molecule has 35 heavy (non-hydrogen) atoms. The summed E-state index contributed by atoms with van der Waals surface area (Å²) in [5.74, 6) is 1.67. The van der Waals surface area contributed by atoms with Gasteiger partial charge in [-0.05, 0) is 51.0 Å². The Bertz CT molecular complexity index is 1300. The Morgan fingerprint density at radius 3 is 1.66 bits per heavy atom. The highest BCUT2D eigenvalue weighted by molar-refractivity contribution is 5.72. The van der Waals surface area contributed by atoms with Gasteiger partial charge in [-0.15, -0.1) is 0 Å². The van der Waals surface area contributed by atoms with Crippen molar-refractivity contribution in [2.45, 2.75) is 33.8 Å². The van der Waals surface area contributed by atoms with Gasteiger partial charge in [0.15, 0.2) is 17.5 Å². The summed E-state index contributed by atoms with van der Waals surface area (Å²) in [5.41, 5.74) is 6.60. The van der Waals surface area contributed by atoms with E-state index in [0.29, 0.717) is 28.8 Å². The van der Waals surface area contributed by atoms with Crippen molar-refractivity contribution in [3.8, 4) is 45.7 Å². The molecule has 0 spiro atoms. The predicted octanol–water partition coefficient (Wildman–Crippen LogP) is 4.54. The van der Waals surface area contributed by atoms with Gasteiger partial charge in [-0.2, -0.15) is 0 Å². The first-order chi connectivity index (χ1) is 16.7. The summed E-state index contributed by atoms with van der Waals surface area (Å²) in [4.78, 5) is 14.2. The zero-order valence-corrected chi connectivity index (χ0v) is 20.3. The van der Waals surface area contributed by atoms with Gasteiger partial charge in [0, 0.05) is 17.2 Å². The van der Waals surface area contributed by atoms with Crippen LogP contribution >= 0.6 is 0 Å². The monoisotopic (exact) mass is 471 g/mol. The van der Waals surface area contributed by atoms with Gasteiger partial charge in [0.1, 0.15) is 24.2 Å². The largest absolute Gasteiger partial charge is 0.507 e. The molecule has 1 heterocycles. The summed E-state index contributed by atoms with van der Waals surface area (Å²) >= 11 is 0. The van der Waals surface area contributed by atoms with Gasteiger partial charge >= 0.3 is 0 Å². The first kappa shape index (κ1) is 24.3. The van der Waals surface area contributed by atoms with Crippen molar-refractivity contribution >= 4 is 0 Å². The van der Waals surface area contributed by atoms with Crippen LogP contribution in [0.5, 0.6) is 11.5 Å². The lowest BCUT2D eigenvalue weighted by atomic mass is 10.0. The van der Waals surface area contributed by atoms with Crippen LogP contribution in [-0.4, -0.2) is 49.6 Å². The SMILES string of the molecule is Cc1ccc(-c2nc(-c3ccc(C)cc3C)nc(-c3ccc(OCC(O)CO)cc3O)n2)c(C)c1. The summed E-state index contributed by atoms with van der Waals surface area (Å²) in [5, 5.41) is 29.3. The van der Waals surface area contributed by atoms with E-state index in [1.807, 2.05) is 52.0 Å². The second-order valence-corrected chi connectivity index (χ2v) is 8.77. The molecule has 0 amide bonds. The van der Waals surface area contributed by atoms with E-state index < -0.39 is 12.7 Å². The lowest BCUT2D eigenvalue weighted by molar-refractivity contribution is 0.0535. The highest BCUT2D eigenvalue weighted by Gasteiger charge is 2.17. The number of benzene rings is 3. The third-order valence-electron chi connectivity index (χ3n) is 5.74. The number of aromatic nitrogens is 3. The van der Waals surface area contributed by atoms with Gasteiger partial charge in [-0.3, -0.25) is 0 Å². The summed E-state index contributed by atoms with van der Waals surface area (Å²) in [6.07, 6.45) is -0.999. The van der Waals surface area contributed by atoms with E-state index in [1.54, 1.807) is 12.1 Å². The topological polar surface area (TPSA) is 109 Å². The Balaban J connectivity index is 1.83. The second kappa shape index (κ2) is 10.2. The lowest BCUT2D eigenvalue weighted by Crippen LogP contribution is -2.21. The molecule has 0 radical (unpaired) electrons. The van der Waals surface area contributed by atoms with E-state index in [1.165, 1.54) is 6.07 Å². The number of phenols is 1. The molecule has 0 aliphatic rings. The lowest BCUT2D eigenvalue weighted by Gasteiger charge is -2.13. The summed E-state index contributed by atoms with van der Waals surface area (Å²) in [6, 6.07) is 17.0. The summed E-state index contributed by atoms with van der Waals surface area (Å²) in [6.45, 7) is 7.63. The van der Waals surface area contributed by atoms with Gasteiger partial charge < -0.3 is 20.1 Å². The number of ether oxygens (including phenoxy) is 1. The molecule has 1 unspecified atom stereocenters. The first-order valence-corrected chi connectivity index (χ1v) is 11.4. The number of aliphatic hydroxyl groups excluding tert-OH is 2. The third-order valence-corrected chi connectivity index (χ3v) is 5.74. The number of aryl methyl sites for hydroxylation is 4. The molecule has 3 N–H and O–H groups in total. The number of hydrogen-bond acceptors (Lipinski definition) is 7. The van der Waals surface area contributed by atoms with Crippen LogP contribution in [0.3, 0.4) is 0 Å². The molecule has 4 rings (SSSR count). The molecule has 180 valence electrons. The minimum absolute atomic E-state index is 0.0645. The highest BCUT2D eigenvalue weighted by atomic mass is 16.5. The van der Waals surface area contributed by atoms with Crippen LogP contribution in [0.25, 0.3) is 34.2 Å². The maximum atomic E-state index is 10.8. The minimum Gasteiger partial charge on any atom is -0.507 e. The van der Waals surface area contributed by atoms with Gasteiger partial charge in [0.25, 0.3) is 0 Å². The van der Waals surface area contributed by atoms with Crippen molar-refractivity contribution in [3.05, 3.63) is 76.9 Å². The van der Waals surface area contributed by atoms with E-state index in [-0.39, 0.29) is 12.4 Å². The Kier molecular flexibility index (Phi) is 7.10. The molecule has 1 aromatic heterocycles. The predicted molar refractivity (Wildman–Crippen MR) is 135 cm³/mol. The Hall–Kier alpha value is -3.81. The highest BCUT2D eigenvalue weighted by Crippen LogP contribution is 2.34. The van der Waals surface area contributed by atoms with Crippen LogP contribution in [0, 0.1) is 27.7 Å². The average Bonchev–Trinajstić information content (AvgIpc) is 2.82. The molecule has 7 heteroatoms. The van der Waals surface area contributed by atoms with E-state index in [4.69, 9.17) is 24.8 Å². The summed E-state index contributed by atoms with van der Waals surface area (Å²) < 4.78 is 5.45. The Labute approximate surface area is 204 Å². The third kappa shape index (κ3) is 5.48. The number of aromatic hydroxyl groups is 1. The maximum Gasteiger partial charge on any atom is 0.167 e. The quantitative estimate of drug-likeness (QED) is 0.363. The van der Waals surface area contributed by atoms with E-state index in [2.05, 4.69) is 12.1 Å². The fourth-order valence-electron chi connectivity index (χ4n) is 3.90. The van der Waals surface area contributed by atoms with Gasteiger partial charge in [-0.1, -0.05) is 47.5 Å². The Morgan fingerprint density at radius 1 is 0.714 bits per heavy atom. The number of aliphatic hydroxyl groups is 2. The van der Waals surface area contributed by atoms with Crippen molar-refractivity contribution in [2.24, 2.45) is 0 Å². The molecular formula is C28H29N3O4. The smallest absolute Gasteiger partial charge is 0.167 e. The number of phenolic OH excluding ortho intramolecular Hbond substituents is 1. The van der Waals surface area contributed by atoms with Gasteiger partial charge in [0.2, 0.25) is 0 Å². The molecule has 3 aromatic carbocycles. The molecule has 0 aliphatic heterocycles. The standard InChI is InChI=1S/C28H29N3O4/c1-16-5-8-22(18(3)11-16)26-29-27(23-9-6-17(2)12-19(23)4)31-28(30-26)24-10-7-21(13-25(24)34)35-15-20(33)14-32/h5-13,20,32-34H,14-15H2,1-4H3. The first-order valence-electron chi connectivity index (χ1n) is 11.4. The maximum absolute atomic E-state index is 10.8.